The van der Waals surface area contributed by atoms with Crippen molar-refractivity contribution in [1.29, 1.82) is 0 Å². The molecule has 0 amide bonds. The molecule has 0 fully saturated rings. The van der Waals surface area contributed by atoms with E-state index in [0.717, 1.165) is 19.0 Å². The Labute approximate surface area is 95.5 Å². The van der Waals surface area contributed by atoms with E-state index in [1.54, 1.807) is 0 Å². The quantitative estimate of drug-likeness (QED) is 0.884. The highest BCUT2D eigenvalue weighted by Crippen LogP contribution is 2.33. The third kappa shape index (κ3) is 2.01. The number of nitrogens with one attached hydrogen (secondary N) is 1. The molecule has 2 unspecified atom stereocenters. The van der Waals surface area contributed by atoms with Crippen LogP contribution in [0.4, 0.5) is 8.78 Å². The minimum atomic E-state index is -1.36. The maximum atomic E-state index is 13.4. The summed E-state index contributed by atoms with van der Waals surface area (Å²) in [5.41, 5.74) is 0.504. The SMILES string of the molecule is CCCNC1CS(=O)c2c(F)cc(F)cc21. The van der Waals surface area contributed by atoms with E-state index >= 15 is 0 Å². The van der Waals surface area contributed by atoms with Crippen molar-refractivity contribution in [3.63, 3.8) is 0 Å². The van der Waals surface area contributed by atoms with Crippen molar-refractivity contribution < 1.29 is 13.0 Å². The van der Waals surface area contributed by atoms with Gasteiger partial charge in [0.05, 0.1) is 15.7 Å². The number of hydrogen-bond donors (Lipinski definition) is 1. The summed E-state index contributed by atoms with van der Waals surface area (Å²) in [5.74, 6) is -0.983. The topological polar surface area (TPSA) is 29.1 Å². The van der Waals surface area contributed by atoms with Gasteiger partial charge in [0, 0.05) is 17.9 Å². The van der Waals surface area contributed by atoms with E-state index in [1.807, 2.05) is 6.92 Å². The minimum absolute atomic E-state index is 0.162. The zero-order chi connectivity index (χ0) is 11.7. The van der Waals surface area contributed by atoms with Crippen molar-refractivity contribution in [1.82, 2.24) is 5.32 Å². The van der Waals surface area contributed by atoms with Crippen molar-refractivity contribution in [2.24, 2.45) is 0 Å². The van der Waals surface area contributed by atoms with Crippen LogP contribution in [-0.2, 0) is 10.8 Å². The first-order valence-electron chi connectivity index (χ1n) is 5.24. The first kappa shape index (κ1) is 11.7. The Morgan fingerprint density at radius 3 is 2.94 bits per heavy atom. The Bertz CT molecular complexity index is 436. The molecule has 2 nitrogen and oxygen atoms in total. The second-order valence-corrected chi connectivity index (χ2v) is 5.26. The third-order valence-electron chi connectivity index (χ3n) is 2.60. The van der Waals surface area contributed by atoms with Crippen LogP contribution in [0.2, 0.25) is 0 Å². The summed E-state index contributed by atoms with van der Waals surface area (Å²) in [7, 11) is -1.36. The lowest BCUT2D eigenvalue weighted by molar-refractivity contribution is 0.537. The molecule has 2 rings (SSSR count). The molecule has 0 spiro atoms. The maximum absolute atomic E-state index is 13.4. The number of hydrogen-bond acceptors (Lipinski definition) is 2. The lowest BCUT2D eigenvalue weighted by Crippen LogP contribution is -2.22. The summed E-state index contributed by atoms with van der Waals surface area (Å²) in [6, 6.07) is 1.87. The third-order valence-corrected chi connectivity index (χ3v) is 4.12. The molecule has 2 atom stereocenters. The van der Waals surface area contributed by atoms with Gasteiger partial charge in [-0.3, -0.25) is 4.21 Å². The second-order valence-electron chi connectivity index (χ2n) is 3.82. The van der Waals surface area contributed by atoms with Crippen LogP contribution < -0.4 is 5.32 Å². The molecular formula is C11H13F2NOS. The Morgan fingerprint density at radius 2 is 2.25 bits per heavy atom. The smallest absolute Gasteiger partial charge is 0.142 e. The fourth-order valence-electron chi connectivity index (χ4n) is 1.89. The van der Waals surface area contributed by atoms with Crippen molar-refractivity contribution in [3.8, 4) is 0 Å². The maximum Gasteiger partial charge on any atom is 0.142 e. The molecule has 0 saturated carbocycles. The van der Waals surface area contributed by atoms with Crippen LogP contribution in [0.25, 0.3) is 0 Å². The van der Waals surface area contributed by atoms with Gasteiger partial charge in [0.2, 0.25) is 0 Å². The number of rotatable bonds is 3. The summed E-state index contributed by atoms with van der Waals surface area (Å²) < 4.78 is 38.2. The lowest BCUT2D eigenvalue weighted by atomic mass is 10.1. The van der Waals surface area contributed by atoms with Crippen molar-refractivity contribution in [3.05, 3.63) is 29.3 Å². The second kappa shape index (κ2) is 4.59. The molecule has 16 heavy (non-hydrogen) atoms. The molecule has 0 bridgehead atoms. The van der Waals surface area contributed by atoms with E-state index in [-0.39, 0.29) is 10.9 Å². The fraction of sp³-hybridized carbons (Fsp3) is 0.455. The standard InChI is InChI=1S/C11H13F2NOS/c1-2-3-14-10-6-16(15)11-8(10)4-7(12)5-9(11)13/h4-5,10,14H,2-3,6H2,1H3. The number of halogens is 2. The van der Waals surface area contributed by atoms with Gasteiger partial charge in [-0.05, 0) is 24.6 Å². The zero-order valence-electron chi connectivity index (χ0n) is 8.93. The number of benzene rings is 1. The van der Waals surface area contributed by atoms with Crippen LogP contribution in [0, 0.1) is 11.6 Å². The molecule has 1 aliphatic heterocycles. The van der Waals surface area contributed by atoms with E-state index in [2.05, 4.69) is 5.32 Å². The summed E-state index contributed by atoms with van der Waals surface area (Å²) in [4.78, 5) is 0.162. The van der Waals surface area contributed by atoms with E-state index in [4.69, 9.17) is 0 Å². The van der Waals surface area contributed by atoms with Crippen LogP contribution in [0.1, 0.15) is 24.9 Å². The van der Waals surface area contributed by atoms with Gasteiger partial charge in [-0.2, -0.15) is 0 Å². The van der Waals surface area contributed by atoms with Gasteiger partial charge in [0.25, 0.3) is 0 Å². The zero-order valence-corrected chi connectivity index (χ0v) is 9.74. The summed E-state index contributed by atoms with van der Waals surface area (Å²) in [5, 5.41) is 3.15. The summed E-state index contributed by atoms with van der Waals surface area (Å²) in [6.45, 7) is 2.76. The van der Waals surface area contributed by atoms with Crippen LogP contribution >= 0.6 is 0 Å². The molecule has 1 aromatic rings. The van der Waals surface area contributed by atoms with E-state index in [1.165, 1.54) is 6.07 Å². The van der Waals surface area contributed by atoms with Gasteiger partial charge < -0.3 is 5.32 Å². The van der Waals surface area contributed by atoms with E-state index in [9.17, 15) is 13.0 Å². The predicted octanol–water partition coefficient (Wildman–Crippen LogP) is 2.13. The summed E-state index contributed by atoms with van der Waals surface area (Å²) in [6.07, 6.45) is 0.927. The molecule has 0 saturated heterocycles. The molecule has 0 radical (unpaired) electrons. The highest BCUT2D eigenvalue weighted by molar-refractivity contribution is 7.85. The van der Waals surface area contributed by atoms with Crippen LogP contribution in [0.5, 0.6) is 0 Å². The predicted molar refractivity (Wildman–Crippen MR) is 58.7 cm³/mol. The van der Waals surface area contributed by atoms with Gasteiger partial charge in [-0.25, -0.2) is 8.78 Å². The molecule has 1 aromatic carbocycles. The molecule has 88 valence electrons. The highest BCUT2D eigenvalue weighted by Gasteiger charge is 2.31. The van der Waals surface area contributed by atoms with Gasteiger partial charge in [-0.15, -0.1) is 0 Å². The van der Waals surface area contributed by atoms with Gasteiger partial charge >= 0.3 is 0 Å². The molecule has 0 aromatic heterocycles. The largest absolute Gasteiger partial charge is 0.309 e. The average molecular weight is 245 g/mol. The fourth-order valence-corrected chi connectivity index (χ4v) is 3.40. The normalized spacial score (nSPS) is 23.4. The molecule has 5 heteroatoms. The Hall–Kier alpha value is -0.810. The van der Waals surface area contributed by atoms with Gasteiger partial charge in [-0.1, -0.05) is 6.92 Å². The first-order valence-corrected chi connectivity index (χ1v) is 6.56. The van der Waals surface area contributed by atoms with Crippen LogP contribution in [0.3, 0.4) is 0 Å². The van der Waals surface area contributed by atoms with Gasteiger partial charge in [0.15, 0.2) is 0 Å². The summed E-state index contributed by atoms with van der Waals surface area (Å²) >= 11 is 0. The lowest BCUT2D eigenvalue weighted by Gasteiger charge is -2.11. The average Bonchev–Trinajstić information content (AvgIpc) is 2.52. The van der Waals surface area contributed by atoms with Crippen molar-refractivity contribution in [2.75, 3.05) is 12.3 Å². The van der Waals surface area contributed by atoms with Crippen molar-refractivity contribution >= 4 is 10.8 Å². The van der Waals surface area contributed by atoms with E-state index in [0.29, 0.717) is 11.3 Å². The molecule has 0 aliphatic carbocycles. The Kier molecular flexibility index (Phi) is 3.35. The van der Waals surface area contributed by atoms with Gasteiger partial charge in [0.1, 0.15) is 11.6 Å². The monoisotopic (exact) mass is 245 g/mol. The van der Waals surface area contributed by atoms with Crippen LogP contribution in [-0.4, -0.2) is 16.5 Å². The number of fused-ring (bicyclic) bond motifs is 1. The highest BCUT2D eigenvalue weighted by atomic mass is 32.2. The van der Waals surface area contributed by atoms with Crippen molar-refractivity contribution in [2.45, 2.75) is 24.3 Å². The Morgan fingerprint density at radius 1 is 1.50 bits per heavy atom. The molecule has 1 N–H and O–H groups in total. The van der Waals surface area contributed by atoms with Crippen LogP contribution in [0.15, 0.2) is 17.0 Å². The molecule has 1 heterocycles. The Balaban J connectivity index is 2.37. The first-order chi connectivity index (χ1) is 7.63. The van der Waals surface area contributed by atoms with E-state index < -0.39 is 22.4 Å². The molecular weight excluding hydrogens is 232 g/mol. The molecule has 1 aliphatic rings. The minimum Gasteiger partial charge on any atom is -0.309 e.